The fourth-order valence-corrected chi connectivity index (χ4v) is 3.18. The molecule has 0 fully saturated rings. The van der Waals surface area contributed by atoms with Crippen LogP contribution in [0.1, 0.15) is 28.2 Å². The van der Waals surface area contributed by atoms with Gasteiger partial charge in [0, 0.05) is 17.7 Å². The van der Waals surface area contributed by atoms with E-state index in [0.717, 1.165) is 22.7 Å². The van der Waals surface area contributed by atoms with E-state index in [2.05, 4.69) is 5.10 Å². The topological polar surface area (TPSA) is 32.7 Å². The zero-order valence-corrected chi connectivity index (χ0v) is 12.8. The van der Waals surface area contributed by atoms with Crippen LogP contribution in [-0.4, -0.2) is 16.6 Å². The number of amides is 1. The number of rotatable bonds is 3. The second-order valence-electron chi connectivity index (χ2n) is 5.16. The minimum absolute atomic E-state index is 0.109. The second kappa shape index (κ2) is 5.96. The fourth-order valence-electron chi connectivity index (χ4n) is 2.30. The van der Waals surface area contributed by atoms with Crippen LogP contribution in [-0.2, 0) is 11.3 Å². The molecule has 114 valence electrons. The molecule has 0 saturated heterocycles. The van der Waals surface area contributed by atoms with Crippen LogP contribution < -0.4 is 0 Å². The van der Waals surface area contributed by atoms with Crippen molar-refractivity contribution in [3.05, 3.63) is 57.3 Å². The maximum atomic E-state index is 13.3. The lowest BCUT2D eigenvalue weighted by Gasteiger charge is -2.23. The molecule has 0 aliphatic carbocycles. The highest BCUT2D eigenvalue weighted by Crippen LogP contribution is 2.23. The minimum Gasteiger partial charge on any atom is -0.273 e. The van der Waals surface area contributed by atoms with Crippen LogP contribution in [0.3, 0.4) is 0 Å². The average Bonchev–Trinajstić information content (AvgIpc) is 2.92. The van der Waals surface area contributed by atoms with Crippen molar-refractivity contribution >= 4 is 23.0 Å². The Morgan fingerprint density at radius 1 is 1.18 bits per heavy atom. The van der Waals surface area contributed by atoms with Crippen molar-refractivity contribution in [2.45, 2.75) is 26.3 Å². The van der Waals surface area contributed by atoms with Gasteiger partial charge in [-0.15, -0.1) is 11.3 Å². The zero-order chi connectivity index (χ0) is 15.7. The number of aryl methyl sites for hydroxylation is 1. The lowest BCUT2D eigenvalue weighted by Crippen LogP contribution is -2.31. The molecular formula is C16H14F2N2OS. The van der Waals surface area contributed by atoms with E-state index in [1.54, 1.807) is 11.3 Å². The first-order chi connectivity index (χ1) is 10.5. The van der Waals surface area contributed by atoms with E-state index in [-0.39, 0.29) is 12.5 Å². The maximum absolute atomic E-state index is 13.3. The van der Waals surface area contributed by atoms with Gasteiger partial charge < -0.3 is 0 Å². The minimum atomic E-state index is -0.917. The van der Waals surface area contributed by atoms with Crippen molar-refractivity contribution in [2.75, 3.05) is 0 Å². The summed E-state index contributed by atoms with van der Waals surface area (Å²) in [7, 11) is 0. The van der Waals surface area contributed by atoms with Crippen molar-refractivity contribution in [2.24, 2.45) is 5.10 Å². The number of thiophene rings is 1. The van der Waals surface area contributed by atoms with Crippen LogP contribution in [0.15, 0.2) is 35.4 Å². The Kier molecular flexibility index (Phi) is 4.02. The van der Waals surface area contributed by atoms with E-state index in [0.29, 0.717) is 18.4 Å². The number of carbonyl (C=O) groups excluding carboxylic acids is 1. The number of benzene rings is 1. The van der Waals surface area contributed by atoms with Gasteiger partial charge in [-0.1, -0.05) is 6.07 Å². The zero-order valence-electron chi connectivity index (χ0n) is 12.0. The first-order valence-corrected chi connectivity index (χ1v) is 7.73. The SMILES string of the molecule is Cc1ccc(C2=NN(Cc3ccc(F)c(F)c3)C(=O)CC2)s1. The van der Waals surface area contributed by atoms with Crippen LogP contribution >= 0.6 is 11.3 Å². The summed E-state index contributed by atoms with van der Waals surface area (Å²) in [4.78, 5) is 14.2. The molecule has 0 unspecified atom stereocenters. The highest BCUT2D eigenvalue weighted by atomic mass is 32.1. The lowest BCUT2D eigenvalue weighted by atomic mass is 10.1. The largest absolute Gasteiger partial charge is 0.273 e. The van der Waals surface area contributed by atoms with Crippen molar-refractivity contribution < 1.29 is 13.6 Å². The molecule has 22 heavy (non-hydrogen) atoms. The smallest absolute Gasteiger partial charge is 0.243 e. The Bertz CT molecular complexity index is 754. The Balaban J connectivity index is 1.84. The lowest BCUT2D eigenvalue weighted by molar-refractivity contribution is -0.132. The van der Waals surface area contributed by atoms with Gasteiger partial charge >= 0.3 is 0 Å². The van der Waals surface area contributed by atoms with Gasteiger partial charge in [0.05, 0.1) is 17.1 Å². The first-order valence-electron chi connectivity index (χ1n) is 6.91. The molecule has 0 bridgehead atoms. The van der Waals surface area contributed by atoms with Gasteiger partial charge in [-0.2, -0.15) is 5.10 Å². The monoisotopic (exact) mass is 320 g/mol. The molecule has 0 saturated carbocycles. The fraction of sp³-hybridized carbons (Fsp3) is 0.250. The number of hydrogen-bond donors (Lipinski definition) is 0. The highest BCUT2D eigenvalue weighted by molar-refractivity contribution is 7.14. The number of hydrogen-bond acceptors (Lipinski definition) is 3. The van der Waals surface area contributed by atoms with Crippen LogP contribution in [0, 0.1) is 18.6 Å². The van der Waals surface area contributed by atoms with Crippen LogP contribution in [0.25, 0.3) is 0 Å². The molecular weight excluding hydrogens is 306 g/mol. The molecule has 6 heteroatoms. The van der Waals surface area contributed by atoms with Crippen molar-refractivity contribution in [3.63, 3.8) is 0 Å². The van der Waals surface area contributed by atoms with E-state index < -0.39 is 11.6 Å². The third kappa shape index (κ3) is 3.06. The molecule has 0 atom stereocenters. The molecule has 1 aliphatic rings. The summed E-state index contributed by atoms with van der Waals surface area (Å²) >= 11 is 1.63. The number of nitrogens with zero attached hydrogens (tertiary/aromatic N) is 2. The Morgan fingerprint density at radius 2 is 2.00 bits per heavy atom. The molecule has 1 amide bonds. The number of hydrazone groups is 1. The quantitative estimate of drug-likeness (QED) is 0.845. The van der Waals surface area contributed by atoms with Gasteiger partial charge in [-0.05, 0) is 36.8 Å². The van der Waals surface area contributed by atoms with E-state index in [1.165, 1.54) is 16.0 Å². The third-order valence-corrected chi connectivity index (χ3v) is 4.50. The van der Waals surface area contributed by atoms with Gasteiger partial charge in [0.25, 0.3) is 0 Å². The van der Waals surface area contributed by atoms with Crippen molar-refractivity contribution in [3.8, 4) is 0 Å². The molecule has 2 aromatic rings. The predicted molar refractivity (Wildman–Crippen MR) is 81.7 cm³/mol. The van der Waals surface area contributed by atoms with E-state index in [1.807, 2.05) is 19.1 Å². The molecule has 0 N–H and O–H groups in total. The summed E-state index contributed by atoms with van der Waals surface area (Å²) in [6.45, 7) is 2.16. The van der Waals surface area contributed by atoms with Crippen LogP contribution in [0.2, 0.25) is 0 Å². The van der Waals surface area contributed by atoms with Crippen molar-refractivity contribution in [1.82, 2.24) is 5.01 Å². The first kappa shape index (κ1) is 14.8. The molecule has 1 aromatic heterocycles. The van der Waals surface area contributed by atoms with E-state index in [4.69, 9.17) is 0 Å². The van der Waals surface area contributed by atoms with Gasteiger partial charge in [0.2, 0.25) is 5.91 Å². The number of halogens is 2. The summed E-state index contributed by atoms with van der Waals surface area (Å²) in [6, 6.07) is 7.63. The summed E-state index contributed by atoms with van der Waals surface area (Å²) in [5.74, 6) is -1.92. The van der Waals surface area contributed by atoms with Gasteiger partial charge in [-0.25, -0.2) is 13.8 Å². The molecule has 2 heterocycles. The molecule has 3 rings (SSSR count). The standard InChI is InChI=1S/C16H14F2N2OS/c1-10-2-6-15(22-10)14-5-7-16(21)20(19-14)9-11-3-4-12(17)13(18)8-11/h2-4,6,8H,5,7,9H2,1H3. The van der Waals surface area contributed by atoms with Crippen LogP contribution in [0.4, 0.5) is 8.78 Å². The van der Waals surface area contributed by atoms with Crippen LogP contribution in [0.5, 0.6) is 0 Å². The third-order valence-electron chi connectivity index (χ3n) is 3.45. The molecule has 1 aliphatic heterocycles. The number of carbonyl (C=O) groups is 1. The average molecular weight is 320 g/mol. The molecule has 3 nitrogen and oxygen atoms in total. The van der Waals surface area contributed by atoms with E-state index >= 15 is 0 Å². The summed E-state index contributed by atoms with van der Waals surface area (Å²) < 4.78 is 26.2. The summed E-state index contributed by atoms with van der Waals surface area (Å²) in [5, 5.41) is 5.72. The maximum Gasteiger partial charge on any atom is 0.243 e. The summed E-state index contributed by atoms with van der Waals surface area (Å²) in [6.07, 6.45) is 0.979. The Morgan fingerprint density at radius 3 is 2.68 bits per heavy atom. The van der Waals surface area contributed by atoms with E-state index in [9.17, 15) is 13.6 Å². The Labute approximate surface area is 130 Å². The highest BCUT2D eigenvalue weighted by Gasteiger charge is 2.22. The molecule has 0 spiro atoms. The van der Waals surface area contributed by atoms with Crippen molar-refractivity contribution in [1.29, 1.82) is 0 Å². The molecule has 1 aromatic carbocycles. The second-order valence-corrected chi connectivity index (χ2v) is 6.44. The normalized spacial score (nSPS) is 15.1. The van der Waals surface area contributed by atoms with Gasteiger partial charge in [0.15, 0.2) is 11.6 Å². The molecule has 0 radical (unpaired) electrons. The van der Waals surface area contributed by atoms with Gasteiger partial charge in [0.1, 0.15) is 0 Å². The predicted octanol–water partition coefficient (Wildman–Crippen LogP) is 3.86. The summed E-state index contributed by atoms with van der Waals surface area (Å²) in [5.41, 5.74) is 1.37. The van der Waals surface area contributed by atoms with Gasteiger partial charge in [-0.3, -0.25) is 4.79 Å². The Hall–Kier alpha value is -2.08.